The van der Waals surface area contributed by atoms with Crippen molar-refractivity contribution in [3.8, 4) is 5.75 Å². The van der Waals surface area contributed by atoms with Crippen LogP contribution in [0.15, 0.2) is 71.6 Å². The van der Waals surface area contributed by atoms with Gasteiger partial charge in [0, 0.05) is 18.8 Å². The second-order valence-electron chi connectivity index (χ2n) is 7.65. The predicted octanol–water partition coefficient (Wildman–Crippen LogP) is 4.42. The number of ether oxygens (including phenoxy) is 1. The summed E-state index contributed by atoms with van der Waals surface area (Å²) in [6.07, 6.45) is 1.63. The maximum absolute atomic E-state index is 12.7. The van der Waals surface area contributed by atoms with Crippen LogP contribution in [0.4, 0.5) is 5.69 Å². The minimum absolute atomic E-state index is 0.242. The molecule has 0 spiro atoms. The number of benzene rings is 3. The number of amides is 1. The smallest absolute Gasteiger partial charge is 0.265 e. The van der Waals surface area contributed by atoms with Gasteiger partial charge in [-0.1, -0.05) is 37.3 Å². The topological polar surface area (TPSA) is 75.7 Å². The van der Waals surface area contributed by atoms with E-state index in [2.05, 4.69) is 5.32 Å². The van der Waals surface area contributed by atoms with Gasteiger partial charge in [0.25, 0.3) is 5.91 Å². The van der Waals surface area contributed by atoms with Crippen LogP contribution in [0.5, 0.6) is 5.75 Å². The highest BCUT2D eigenvalue weighted by Gasteiger charge is 2.27. The lowest BCUT2D eigenvalue weighted by Gasteiger charge is -2.18. The van der Waals surface area contributed by atoms with Crippen molar-refractivity contribution in [1.82, 2.24) is 4.31 Å². The minimum Gasteiger partial charge on any atom is -0.481 e. The van der Waals surface area contributed by atoms with Crippen LogP contribution in [0.2, 0.25) is 0 Å². The molecule has 1 fully saturated rings. The number of fused-ring (bicyclic) bond motifs is 1. The molecule has 1 atom stereocenters. The monoisotopic (exact) mass is 438 g/mol. The van der Waals surface area contributed by atoms with E-state index in [0.717, 1.165) is 23.6 Å². The predicted molar refractivity (Wildman–Crippen MR) is 122 cm³/mol. The molecule has 31 heavy (non-hydrogen) atoms. The van der Waals surface area contributed by atoms with Gasteiger partial charge in [0.1, 0.15) is 5.75 Å². The van der Waals surface area contributed by atoms with Crippen molar-refractivity contribution in [2.75, 3.05) is 18.4 Å². The van der Waals surface area contributed by atoms with Gasteiger partial charge < -0.3 is 10.1 Å². The zero-order valence-electron chi connectivity index (χ0n) is 17.5. The van der Waals surface area contributed by atoms with E-state index in [1.54, 1.807) is 12.1 Å². The Hall–Kier alpha value is -2.90. The summed E-state index contributed by atoms with van der Waals surface area (Å²) in [5, 5.41) is 4.98. The molecule has 0 unspecified atom stereocenters. The lowest BCUT2D eigenvalue weighted by atomic mass is 10.1. The Kier molecular flexibility index (Phi) is 6.25. The van der Waals surface area contributed by atoms with E-state index in [9.17, 15) is 13.2 Å². The van der Waals surface area contributed by atoms with Crippen molar-refractivity contribution >= 4 is 32.4 Å². The summed E-state index contributed by atoms with van der Waals surface area (Å²) in [7, 11) is -3.47. The van der Waals surface area contributed by atoms with E-state index in [-0.39, 0.29) is 10.8 Å². The van der Waals surface area contributed by atoms with Crippen LogP contribution >= 0.6 is 0 Å². The van der Waals surface area contributed by atoms with Gasteiger partial charge in [-0.2, -0.15) is 4.31 Å². The van der Waals surface area contributed by atoms with Crippen LogP contribution in [0.3, 0.4) is 0 Å². The molecular weight excluding hydrogens is 412 g/mol. The van der Waals surface area contributed by atoms with Crippen molar-refractivity contribution in [1.29, 1.82) is 0 Å². The van der Waals surface area contributed by atoms with E-state index >= 15 is 0 Å². The maximum atomic E-state index is 12.7. The van der Waals surface area contributed by atoms with Gasteiger partial charge in [0.15, 0.2) is 6.10 Å². The summed E-state index contributed by atoms with van der Waals surface area (Å²) in [6, 6.07) is 20.0. The van der Waals surface area contributed by atoms with E-state index in [0.29, 0.717) is 30.9 Å². The van der Waals surface area contributed by atoms with E-state index in [4.69, 9.17) is 4.74 Å². The Morgan fingerprint density at radius 2 is 1.68 bits per heavy atom. The molecule has 0 aromatic heterocycles. The molecule has 162 valence electrons. The lowest BCUT2D eigenvalue weighted by molar-refractivity contribution is -0.122. The van der Waals surface area contributed by atoms with E-state index in [1.807, 2.05) is 49.4 Å². The highest BCUT2D eigenvalue weighted by Crippen LogP contribution is 2.24. The average Bonchev–Trinajstić information content (AvgIpc) is 3.33. The Balaban J connectivity index is 1.43. The molecule has 1 N–H and O–H groups in total. The minimum atomic E-state index is -3.47. The van der Waals surface area contributed by atoms with Gasteiger partial charge in [-0.3, -0.25) is 4.79 Å². The van der Waals surface area contributed by atoms with Crippen molar-refractivity contribution in [3.05, 3.63) is 66.7 Å². The van der Waals surface area contributed by atoms with Crippen LogP contribution in [-0.2, 0) is 14.8 Å². The summed E-state index contributed by atoms with van der Waals surface area (Å²) in [5.41, 5.74) is 0.533. The fraction of sp³-hybridized carbons (Fsp3) is 0.292. The molecule has 1 aliphatic heterocycles. The van der Waals surface area contributed by atoms with Crippen LogP contribution in [0, 0.1) is 0 Å². The molecule has 1 heterocycles. The van der Waals surface area contributed by atoms with E-state index < -0.39 is 16.1 Å². The average molecular weight is 439 g/mol. The van der Waals surface area contributed by atoms with Crippen LogP contribution in [0.25, 0.3) is 10.8 Å². The number of carbonyl (C=O) groups is 1. The summed E-state index contributed by atoms with van der Waals surface area (Å²) in [4.78, 5) is 13.0. The molecular formula is C24H26N2O4S. The quantitative estimate of drug-likeness (QED) is 0.592. The Morgan fingerprint density at radius 3 is 2.35 bits per heavy atom. The van der Waals surface area contributed by atoms with Gasteiger partial charge in [-0.25, -0.2) is 8.42 Å². The zero-order chi connectivity index (χ0) is 21.8. The summed E-state index contributed by atoms with van der Waals surface area (Å²) in [5.74, 6) is 0.360. The van der Waals surface area contributed by atoms with Crippen LogP contribution in [-0.4, -0.2) is 37.8 Å². The Morgan fingerprint density at radius 1 is 1.00 bits per heavy atom. The highest BCUT2D eigenvalue weighted by molar-refractivity contribution is 7.89. The Labute approximate surface area is 182 Å². The molecule has 3 aromatic carbocycles. The molecule has 3 aromatic rings. The fourth-order valence-electron chi connectivity index (χ4n) is 3.74. The number of carbonyl (C=O) groups excluding carboxylic acids is 1. The van der Waals surface area contributed by atoms with Crippen LogP contribution in [0.1, 0.15) is 26.2 Å². The number of hydrogen-bond acceptors (Lipinski definition) is 4. The molecule has 1 saturated heterocycles. The van der Waals surface area contributed by atoms with Crippen molar-refractivity contribution < 1.29 is 17.9 Å². The van der Waals surface area contributed by atoms with Gasteiger partial charge in [0.05, 0.1) is 4.90 Å². The SMILES string of the molecule is CC[C@@H](Oc1ccc2ccccc2c1)C(=O)Nc1ccc(S(=O)(=O)N2CCCC2)cc1. The molecule has 1 amide bonds. The third-order valence-corrected chi connectivity index (χ3v) is 7.40. The van der Waals surface area contributed by atoms with Gasteiger partial charge >= 0.3 is 0 Å². The summed E-state index contributed by atoms with van der Waals surface area (Å²) < 4.78 is 32.7. The standard InChI is InChI=1S/C24H26N2O4S/c1-2-23(30-21-12-9-18-7-3-4-8-19(18)17-21)24(27)25-20-10-13-22(14-11-20)31(28,29)26-15-5-6-16-26/h3-4,7-14,17,23H,2,5-6,15-16H2,1H3,(H,25,27)/t23-/m1/s1. The molecule has 6 nitrogen and oxygen atoms in total. The van der Waals surface area contributed by atoms with Gasteiger partial charge in [-0.15, -0.1) is 0 Å². The molecule has 0 radical (unpaired) electrons. The number of nitrogens with one attached hydrogen (secondary N) is 1. The first-order chi connectivity index (χ1) is 15.0. The maximum Gasteiger partial charge on any atom is 0.265 e. The first kappa shape index (κ1) is 21.3. The second-order valence-corrected chi connectivity index (χ2v) is 9.59. The molecule has 0 aliphatic carbocycles. The normalized spacial score (nSPS) is 15.6. The van der Waals surface area contributed by atoms with Crippen LogP contribution < -0.4 is 10.1 Å². The Bertz CT molecular complexity index is 1170. The largest absolute Gasteiger partial charge is 0.481 e. The lowest BCUT2D eigenvalue weighted by Crippen LogP contribution is -2.32. The summed E-state index contributed by atoms with van der Waals surface area (Å²) in [6.45, 7) is 3.01. The third-order valence-electron chi connectivity index (χ3n) is 5.49. The number of anilines is 1. The highest BCUT2D eigenvalue weighted by atomic mass is 32.2. The first-order valence-electron chi connectivity index (χ1n) is 10.5. The second kappa shape index (κ2) is 9.08. The first-order valence-corrected chi connectivity index (χ1v) is 12.0. The van der Waals surface area contributed by atoms with Crippen molar-refractivity contribution in [2.45, 2.75) is 37.2 Å². The van der Waals surface area contributed by atoms with E-state index in [1.165, 1.54) is 16.4 Å². The molecule has 0 bridgehead atoms. The number of rotatable bonds is 7. The third kappa shape index (κ3) is 4.73. The fourth-order valence-corrected chi connectivity index (χ4v) is 5.25. The van der Waals surface area contributed by atoms with Gasteiger partial charge in [0.2, 0.25) is 10.0 Å². The zero-order valence-corrected chi connectivity index (χ0v) is 18.3. The molecule has 0 saturated carbocycles. The van der Waals surface area contributed by atoms with Crippen molar-refractivity contribution in [2.24, 2.45) is 0 Å². The number of nitrogens with zero attached hydrogens (tertiary/aromatic N) is 1. The summed E-state index contributed by atoms with van der Waals surface area (Å²) >= 11 is 0. The van der Waals surface area contributed by atoms with Crippen molar-refractivity contribution in [3.63, 3.8) is 0 Å². The number of sulfonamides is 1. The van der Waals surface area contributed by atoms with Gasteiger partial charge in [-0.05, 0) is 66.4 Å². The number of hydrogen-bond donors (Lipinski definition) is 1. The molecule has 7 heteroatoms. The molecule has 1 aliphatic rings. The molecule has 4 rings (SSSR count).